The number of nitrogens with one attached hydrogen (secondary N) is 1. The number of aliphatic hydroxyl groups excluding tert-OH is 1. The highest BCUT2D eigenvalue weighted by Gasteiger charge is 2.11. The third-order valence-corrected chi connectivity index (χ3v) is 2.50. The SMILES string of the molecule is CC(CO)NC(C)CS(C)(=O)=O. The van der Waals surface area contributed by atoms with Crippen molar-refractivity contribution in [2.24, 2.45) is 0 Å². The van der Waals surface area contributed by atoms with E-state index in [4.69, 9.17) is 5.11 Å². The van der Waals surface area contributed by atoms with E-state index in [0.717, 1.165) is 0 Å². The van der Waals surface area contributed by atoms with Crippen molar-refractivity contribution in [3.8, 4) is 0 Å². The Balaban J connectivity index is 3.82. The summed E-state index contributed by atoms with van der Waals surface area (Å²) in [5.74, 6) is 0.108. The van der Waals surface area contributed by atoms with E-state index >= 15 is 0 Å². The molecule has 12 heavy (non-hydrogen) atoms. The molecule has 5 heteroatoms. The largest absolute Gasteiger partial charge is 0.395 e. The zero-order valence-electron chi connectivity index (χ0n) is 7.74. The van der Waals surface area contributed by atoms with Crippen LogP contribution in [-0.2, 0) is 9.84 Å². The quantitative estimate of drug-likeness (QED) is 0.614. The van der Waals surface area contributed by atoms with Crippen LogP contribution in [0.2, 0.25) is 0 Å². The van der Waals surface area contributed by atoms with Gasteiger partial charge in [-0.05, 0) is 13.8 Å². The molecule has 0 heterocycles. The van der Waals surface area contributed by atoms with E-state index in [0.29, 0.717) is 0 Å². The summed E-state index contributed by atoms with van der Waals surface area (Å²) in [5, 5.41) is 11.6. The van der Waals surface area contributed by atoms with Crippen LogP contribution in [0.5, 0.6) is 0 Å². The molecular weight excluding hydrogens is 178 g/mol. The Labute approximate surface area is 73.9 Å². The maximum Gasteiger partial charge on any atom is 0.148 e. The first-order valence-corrected chi connectivity index (χ1v) is 5.96. The average molecular weight is 195 g/mol. The summed E-state index contributed by atoms with van der Waals surface area (Å²) < 4.78 is 21.6. The van der Waals surface area contributed by atoms with E-state index in [9.17, 15) is 8.42 Å². The van der Waals surface area contributed by atoms with Crippen LogP contribution in [0.15, 0.2) is 0 Å². The highest BCUT2D eigenvalue weighted by molar-refractivity contribution is 7.90. The van der Waals surface area contributed by atoms with Crippen molar-refractivity contribution >= 4 is 9.84 Å². The lowest BCUT2D eigenvalue weighted by Crippen LogP contribution is -2.40. The topological polar surface area (TPSA) is 66.4 Å². The molecule has 0 aliphatic rings. The molecule has 0 radical (unpaired) electrons. The summed E-state index contributed by atoms with van der Waals surface area (Å²) in [5.41, 5.74) is 0. The van der Waals surface area contributed by atoms with Gasteiger partial charge in [0.25, 0.3) is 0 Å². The second kappa shape index (κ2) is 4.79. The zero-order chi connectivity index (χ0) is 9.78. The van der Waals surface area contributed by atoms with E-state index in [2.05, 4.69) is 5.32 Å². The first-order valence-electron chi connectivity index (χ1n) is 3.90. The van der Waals surface area contributed by atoms with Gasteiger partial charge in [-0.2, -0.15) is 0 Å². The predicted octanol–water partition coefficient (Wildman–Crippen LogP) is -0.610. The fourth-order valence-electron chi connectivity index (χ4n) is 1.04. The number of hydrogen-bond acceptors (Lipinski definition) is 4. The van der Waals surface area contributed by atoms with Crippen molar-refractivity contribution in [2.75, 3.05) is 18.6 Å². The van der Waals surface area contributed by atoms with E-state index in [1.165, 1.54) is 6.26 Å². The Morgan fingerprint density at radius 3 is 2.17 bits per heavy atom. The summed E-state index contributed by atoms with van der Waals surface area (Å²) in [6.07, 6.45) is 1.20. The molecule has 0 aromatic rings. The van der Waals surface area contributed by atoms with Gasteiger partial charge < -0.3 is 10.4 Å². The van der Waals surface area contributed by atoms with Crippen LogP contribution in [0.4, 0.5) is 0 Å². The van der Waals surface area contributed by atoms with Crippen molar-refractivity contribution < 1.29 is 13.5 Å². The summed E-state index contributed by atoms with van der Waals surface area (Å²) in [4.78, 5) is 0. The third-order valence-electron chi connectivity index (χ3n) is 1.40. The van der Waals surface area contributed by atoms with Crippen molar-refractivity contribution in [3.63, 3.8) is 0 Å². The Bertz CT molecular complexity index is 213. The molecule has 2 atom stereocenters. The molecule has 0 spiro atoms. The molecule has 0 aliphatic heterocycles. The van der Waals surface area contributed by atoms with Gasteiger partial charge in [0.15, 0.2) is 0 Å². The normalized spacial score (nSPS) is 17.3. The Morgan fingerprint density at radius 2 is 1.83 bits per heavy atom. The van der Waals surface area contributed by atoms with Gasteiger partial charge in [-0.3, -0.25) is 0 Å². The molecule has 0 amide bonds. The van der Waals surface area contributed by atoms with Gasteiger partial charge in [-0.15, -0.1) is 0 Å². The lowest BCUT2D eigenvalue weighted by molar-refractivity contribution is 0.245. The molecule has 0 saturated carbocycles. The molecule has 2 N–H and O–H groups in total. The minimum absolute atomic E-state index is 0.0219. The maximum atomic E-state index is 10.8. The second-order valence-corrected chi connectivity index (χ2v) is 5.43. The first kappa shape index (κ1) is 11.9. The van der Waals surface area contributed by atoms with E-state index in [-0.39, 0.29) is 24.4 Å². The second-order valence-electron chi connectivity index (χ2n) is 3.24. The minimum atomic E-state index is -2.92. The Hall–Kier alpha value is -0.130. The van der Waals surface area contributed by atoms with Crippen LogP contribution >= 0.6 is 0 Å². The van der Waals surface area contributed by atoms with Crippen molar-refractivity contribution in [3.05, 3.63) is 0 Å². The monoisotopic (exact) mass is 195 g/mol. The highest BCUT2D eigenvalue weighted by Crippen LogP contribution is 1.92. The summed E-state index contributed by atoms with van der Waals surface area (Å²) in [6, 6.07) is -0.163. The molecule has 0 rings (SSSR count). The smallest absolute Gasteiger partial charge is 0.148 e. The van der Waals surface area contributed by atoms with Crippen molar-refractivity contribution in [1.82, 2.24) is 5.32 Å². The van der Waals surface area contributed by atoms with Crippen LogP contribution in [-0.4, -0.2) is 44.2 Å². The fourth-order valence-corrected chi connectivity index (χ4v) is 2.05. The van der Waals surface area contributed by atoms with Gasteiger partial charge in [-0.25, -0.2) is 8.42 Å². The first-order chi connectivity index (χ1) is 5.35. The molecule has 74 valence electrons. The van der Waals surface area contributed by atoms with E-state index < -0.39 is 9.84 Å². The van der Waals surface area contributed by atoms with Crippen molar-refractivity contribution in [2.45, 2.75) is 25.9 Å². The number of sulfone groups is 1. The Morgan fingerprint density at radius 1 is 1.33 bits per heavy atom. The van der Waals surface area contributed by atoms with Gasteiger partial charge in [0.2, 0.25) is 0 Å². The van der Waals surface area contributed by atoms with Crippen LogP contribution < -0.4 is 5.32 Å². The van der Waals surface area contributed by atoms with Crippen LogP contribution in [0.3, 0.4) is 0 Å². The highest BCUT2D eigenvalue weighted by atomic mass is 32.2. The standard InChI is InChI=1S/C7H17NO3S/c1-6(4-9)8-7(2)5-12(3,10)11/h6-9H,4-5H2,1-3H3. The molecule has 2 unspecified atom stereocenters. The van der Waals surface area contributed by atoms with Gasteiger partial charge in [0.1, 0.15) is 9.84 Å². The lowest BCUT2D eigenvalue weighted by Gasteiger charge is -2.16. The van der Waals surface area contributed by atoms with Crippen LogP contribution in [0.25, 0.3) is 0 Å². The maximum absolute atomic E-state index is 10.8. The van der Waals surface area contributed by atoms with E-state index in [1.807, 2.05) is 0 Å². The summed E-state index contributed by atoms with van der Waals surface area (Å²) >= 11 is 0. The zero-order valence-corrected chi connectivity index (χ0v) is 8.56. The third kappa shape index (κ3) is 6.57. The molecule has 0 aromatic carbocycles. The number of hydrogen-bond donors (Lipinski definition) is 2. The predicted molar refractivity (Wildman–Crippen MR) is 48.9 cm³/mol. The molecule has 0 aromatic heterocycles. The van der Waals surface area contributed by atoms with Crippen LogP contribution in [0, 0.1) is 0 Å². The minimum Gasteiger partial charge on any atom is -0.395 e. The van der Waals surface area contributed by atoms with Gasteiger partial charge in [-0.1, -0.05) is 0 Å². The number of rotatable bonds is 5. The van der Waals surface area contributed by atoms with E-state index in [1.54, 1.807) is 13.8 Å². The summed E-state index contributed by atoms with van der Waals surface area (Å²) in [7, 11) is -2.92. The number of aliphatic hydroxyl groups is 1. The lowest BCUT2D eigenvalue weighted by atomic mass is 10.3. The van der Waals surface area contributed by atoms with Gasteiger partial charge >= 0.3 is 0 Å². The molecule has 0 bridgehead atoms. The molecule has 4 nitrogen and oxygen atoms in total. The molecule has 0 fully saturated rings. The summed E-state index contributed by atoms with van der Waals surface area (Å²) in [6.45, 7) is 3.61. The molecule has 0 aliphatic carbocycles. The Kier molecular flexibility index (Phi) is 4.74. The van der Waals surface area contributed by atoms with Crippen molar-refractivity contribution in [1.29, 1.82) is 0 Å². The van der Waals surface area contributed by atoms with Gasteiger partial charge in [0.05, 0.1) is 12.4 Å². The molecular formula is C7H17NO3S. The van der Waals surface area contributed by atoms with Crippen LogP contribution in [0.1, 0.15) is 13.8 Å². The average Bonchev–Trinajstić information content (AvgIpc) is 1.82. The molecule has 0 saturated heterocycles. The fraction of sp³-hybridized carbons (Fsp3) is 1.00. The van der Waals surface area contributed by atoms with Gasteiger partial charge in [0, 0.05) is 18.3 Å².